The molecule has 0 radical (unpaired) electrons. The number of fused-ring (bicyclic) bond motifs is 1. The highest BCUT2D eigenvalue weighted by Gasteiger charge is 2.56. The average Bonchev–Trinajstić information content (AvgIpc) is 2.70. The first-order valence-electron chi connectivity index (χ1n) is 5.75. The Morgan fingerprint density at radius 2 is 2.23 bits per heavy atom. The van der Waals surface area contributed by atoms with Gasteiger partial charge in [-0.15, -0.1) is 0 Å². The second-order valence-corrected chi connectivity index (χ2v) is 4.92. The molecule has 3 fully saturated rings. The second kappa shape index (κ2) is 2.96. The first-order chi connectivity index (χ1) is 6.40. The van der Waals surface area contributed by atoms with Gasteiger partial charge in [0.25, 0.3) is 0 Å². The molecule has 5 atom stereocenters. The van der Waals surface area contributed by atoms with Gasteiger partial charge in [-0.05, 0) is 43.6 Å². The van der Waals surface area contributed by atoms with Crippen molar-refractivity contribution in [1.82, 2.24) is 5.32 Å². The summed E-state index contributed by atoms with van der Waals surface area (Å²) in [6.07, 6.45) is 4.59. The van der Waals surface area contributed by atoms with Gasteiger partial charge in [-0.2, -0.15) is 0 Å². The van der Waals surface area contributed by atoms with Gasteiger partial charge >= 0.3 is 0 Å². The van der Waals surface area contributed by atoms with Crippen LogP contribution in [0, 0.1) is 17.8 Å². The fourth-order valence-electron chi connectivity index (χ4n) is 3.73. The van der Waals surface area contributed by atoms with Crippen LogP contribution >= 0.6 is 0 Å². The SMILES string of the molecule is CCCOC1C2CC3CNC1C3C2. The molecule has 1 saturated heterocycles. The lowest BCUT2D eigenvalue weighted by Crippen LogP contribution is -2.39. The first-order valence-corrected chi connectivity index (χ1v) is 5.75. The Kier molecular flexibility index (Phi) is 1.88. The zero-order valence-electron chi connectivity index (χ0n) is 8.33. The molecular formula is C11H19NO. The van der Waals surface area contributed by atoms with Gasteiger partial charge in [-0.25, -0.2) is 0 Å². The lowest BCUT2D eigenvalue weighted by molar-refractivity contribution is 0.00298. The lowest BCUT2D eigenvalue weighted by atomic mass is 9.88. The normalized spacial score (nSPS) is 51.9. The summed E-state index contributed by atoms with van der Waals surface area (Å²) >= 11 is 0. The Hall–Kier alpha value is -0.0800. The molecular weight excluding hydrogens is 162 g/mol. The standard InChI is InChI=1S/C11H19NO/c1-2-3-13-11-7-4-8-6-12-10(11)9(8)5-7/h7-12H,2-6H2,1H3. The maximum atomic E-state index is 5.95. The third-order valence-electron chi connectivity index (χ3n) is 4.20. The van der Waals surface area contributed by atoms with Crippen molar-refractivity contribution in [3.63, 3.8) is 0 Å². The van der Waals surface area contributed by atoms with Crippen molar-refractivity contribution in [1.29, 1.82) is 0 Å². The van der Waals surface area contributed by atoms with Crippen LogP contribution in [0.5, 0.6) is 0 Å². The third kappa shape index (κ3) is 1.08. The van der Waals surface area contributed by atoms with Crippen LogP contribution in [0.3, 0.4) is 0 Å². The maximum Gasteiger partial charge on any atom is 0.0759 e. The average molecular weight is 181 g/mol. The molecule has 0 spiro atoms. The van der Waals surface area contributed by atoms with Crippen LogP contribution in [0.2, 0.25) is 0 Å². The number of rotatable bonds is 3. The topological polar surface area (TPSA) is 21.3 Å². The molecule has 0 amide bonds. The summed E-state index contributed by atoms with van der Waals surface area (Å²) in [5.74, 6) is 2.85. The molecule has 2 saturated carbocycles. The minimum atomic E-state index is 0.559. The fourth-order valence-corrected chi connectivity index (χ4v) is 3.73. The van der Waals surface area contributed by atoms with E-state index in [4.69, 9.17) is 4.74 Å². The molecule has 1 aliphatic heterocycles. The van der Waals surface area contributed by atoms with E-state index in [-0.39, 0.29) is 0 Å². The Morgan fingerprint density at radius 1 is 1.31 bits per heavy atom. The fraction of sp³-hybridized carbons (Fsp3) is 1.00. The van der Waals surface area contributed by atoms with Crippen LogP contribution in [0.25, 0.3) is 0 Å². The summed E-state index contributed by atoms with van der Waals surface area (Å²) in [5, 5.41) is 3.64. The number of nitrogens with one attached hydrogen (secondary N) is 1. The summed E-state index contributed by atoms with van der Waals surface area (Å²) in [7, 11) is 0. The summed E-state index contributed by atoms with van der Waals surface area (Å²) in [6.45, 7) is 4.41. The Labute approximate surface area is 80.0 Å². The van der Waals surface area contributed by atoms with E-state index in [0.29, 0.717) is 6.10 Å². The molecule has 5 unspecified atom stereocenters. The molecule has 2 heteroatoms. The van der Waals surface area contributed by atoms with Crippen molar-refractivity contribution in [2.75, 3.05) is 13.2 Å². The predicted octanol–water partition coefficient (Wildman–Crippen LogP) is 1.41. The van der Waals surface area contributed by atoms with Crippen LogP contribution in [0.15, 0.2) is 0 Å². The molecule has 2 bridgehead atoms. The summed E-state index contributed by atoms with van der Waals surface area (Å²) in [4.78, 5) is 0. The lowest BCUT2D eigenvalue weighted by Gasteiger charge is -2.27. The van der Waals surface area contributed by atoms with Gasteiger partial charge in [0.15, 0.2) is 0 Å². The molecule has 0 aromatic carbocycles. The van der Waals surface area contributed by atoms with Crippen molar-refractivity contribution in [2.45, 2.75) is 38.3 Å². The Balaban J connectivity index is 1.70. The van der Waals surface area contributed by atoms with Crippen molar-refractivity contribution in [3.8, 4) is 0 Å². The van der Waals surface area contributed by atoms with Crippen molar-refractivity contribution in [2.24, 2.45) is 17.8 Å². The molecule has 3 rings (SSSR count). The monoisotopic (exact) mass is 181 g/mol. The second-order valence-electron chi connectivity index (χ2n) is 4.92. The van der Waals surface area contributed by atoms with E-state index in [2.05, 4.69) is 12.2 Å². The van der Waals surface area contributed by atoms with Crippen molar-refractivity contribution >= 4 is 0 Å². The van der Waals surface area contributed by atoms with Crippen LogP contribution in [-0.4, -0.2) is 25.3 Å². The van der Waals surface area contributed by atoms with E-state index in [0.717, 1.165) is 36.8 Å². The number of hydrogen-bond acceptors (Lipinski definition) is 2. The first kappa shape index (κ1) is 8.25. The van der Waals surface area contributed by atoms with Gasteiger partial charge in [0.2, 0.25) is 0 Å². The van der Waals surface area contributed by atoms with E-state index < -0.39 is 0 Å². The van der Waals surface area contributed by atoms with Gasteiger partial charge < -0.3 is 10.1 Å². The highest BCUT2D eigenvalue weighted by Crippen LogP contribution is 2.52. The minimum Gasteiger partial charge on any atom is -0.376 e. The Bertz CT molecular complexity index is 204. The molecule has 74 valence electrons. The quantitative estimate of drug-likeness (QED) is 0.711. The van der Waals surface area contributed by atoms with Crippen molar-refractivity contribution < 1.29 is 4.74 Å². The van der Waals surface area contributed by atoms with Gasteiger partial charge in [-0.3, -0.25) is 0 Å². The van der Waals surface area contributed by atoms with E-state index in [9.17, 15) is 0 Å². The van der Waals surface area contributed by atoms with Gasteiger partial charge in [0.05, 0.1) is 6.10 Å². The van der Waals surface area contributed by atoms with Gasteiger partial charge in [0, 0.05) is 12.6 Å². The van der Waals surface area contributed by atoms with Gasteiger partial charge in [-0.1, -0.05) is 6.92 Å². The van der Waals surface area contributed by atoms with Gasteiger partial charge in [0.1, 0.15) is 0 Å². The molecule has 3 aliphatic rings. The van der Waals surface area contributed by atoms with Crippen LogP contribution in [0.4, 0.5) is 0 Å². The highest BCUT2D eigenvalue weighted by molar-refractivity contribution is 5.10. The minimum absolute atomic E-state index is 0.559. The van der Waals surface area contributed by atoms with Crippen LogP contribution in [-0.2, 0) is 4.74 Å². The zero-order chi connectivity index (χ0) is 8.84. The molecule has 1 heterocycles. The Morgan fingerprint density at radius 3 is 3.08 bits per heavy atom. The molecule has 0 aromatic rings. The predicted molar refractivity (Wildman–Crippen MR) is 51.5 cm³/mol. The summed E-state index contributed by atoms with van der Waals surface area (Å²) < 4.78 is 5.95. The third-order valence-corrected chi connectivity index (χ3v) is 4.20. The summed E-state index contributed by atoms with van der Waals surface area (Å²) in [5.41, 5.74) is 0. The highest BCUT2D eigenvalue weighted by atomic mass is 16.5. The smallest absolute Gasteiger partial charge is 0.0759 e. The number of ether oxygens (including phenoxy) is 1. The van der Waals surface area contributed by atoms with E-state index >= 15 is 0 Å². The van der Waals surface area contributed by atoms with Crippen LogP contribution < -0.4 is 5.32 Å². The van der Waals surface area contributed by atoms with Crippen LogP contribution in [0.1, 0.15) is 26.2 Å². The molecule has 2 aliphatic carbocycles. The largest absolute Gasteiger partial charge is 0.376 e. The van der Waals surface area contributed by atoms with E-state index in [1.165, 1.54) is 19.4 Å². The van der Waals surface area contributed by atoms with Crippen molar-refractivity contribution in [3.05, 3.63) is 0 Å². The maximum absolute atomic E-state index is 5.95. The number of hydrogen-bond donors (Lipinski definition) is 1. The molecule has 2 nitrogen and oxygen atoms in total. The summed E-state index contributed by atoms with van der Waals surface area (Å²) in [6, 6.07) is 0.718. The van der Waals surface area contributed by atoms with E-state index in [1.54, 1.807) is 0 Å². The molecule has 1 N–H and O–H groups in total. The molecule has 13 heavy (non-hydrogen) atoms. The van der Waals surface area contributed by atoms with E-state index in [1.807, 2.05) is 0 Å². The zero-order valence-corrected chi connectivity index (χ0v) is 8.33. The molecule has 0 aromatic heterocycles.